The second kappa shape index (κ2) is 10.6. The van der Waals surface area contributed by atoms with Gasteiger partial charge in [-0.2, -0.15) is 0 Å². The number of benzene rings is 2. The van der Waals surface area contributed by atoms with Gasteiger partial charge >= 0.3 is 0 Å². The van der Waals surface area contributed by atoms with Gasteiger partial charge < -0.3 is 31.3 Å². The fourth-order valence-corrected chi connectivity index (χ4v) is 6.02. The van der Waals surface area contributed by atoms with Crippen molar-refractivity contribution < 1.29 is 34.5 Å². The summed E-state index contributed by atoms with van der Waals surface area (Å²) in [4.78, 5) is 51.5. The summed E-state index contributed by atoms with van der Waals surface area (Å²) in [6.45, 7) is 0.257. The number of allylic oxidation sites excluding steroid dienone is 2. The number of rotatable bonds is 4. The molecule has 10 nitrogen and oxygen atoms in total. The van der Waals surface area contributed by atoms with Crippen LogP contribution in [0.1, 0.15) is 35.1 Å². The van der Waals surface area contributed by atoms with Gasteiger partial charge in [0, 0.05) is 28.8 Å². The molecule has 0 heterocycles. The van der Waals surface area contributed by atoms with E-state index in [1.54, 1.807) is 49.3 Å². The molecule has 210 valence electrons. The van der Waals surface area contributed by atoms with Crippen molar-refractivity contribution in [1.29, 1.82) is 0 Å². The summed E-state index contributed by atoms with van der Waals surface area (Å²) in [5, 5.41) is 35.4. The molecule has 41 heavy (non-hydrogen) atoms. The summed E-state index contributed by atoms with van der Waals surface area (Å²) in [5.41, 5.74) is 7.29. The van der Waals surface area contributed by atoms with Crippen LogP contribution < -0.4 is 11.1 Å². The smallest absolute Gasteiger partial charge is 0.255 e. The number of carbonyl (C=O) groups is 4. The van der Waals surface area contributed by atoms with E-state index in [0.717, 1.165) is 0 Å². The number of nitrogens with zero attached hydrogens (tertiary/aromatic N) is 1. The van der Waals surface area contributed by atoms with Gasteiger partial charge in [-0.15, -0.1) is 0 Å². The van der Waals surface area contributed by atoms with E-state index in [1.807, 2.05) is 0 Å². The zero-order chi connectivity index (χ0) is 29.6. The summed E-state index contributed by atoms with van der Waals surface area (Å²) in [6.07, 6.45) is 0.468. The summed E-state index contributed by atoms with van der Waals surface area (Å²) < 4.78 is 0. The highest BCUT2D eigenvalue weighted by atomic mass is 16.3. The number of hydrogen-bond donors (Lipinski definition) is 5. The minimum atomic E-state index is -1.16. The normalized spacial score (nSPS) is 21.5. The molecular formula is C31H29N3O7. The lowest BCUT2D eigenvalue weighted by Crippen LogP contribution is -2.44. The number of nitrogens with two attached hydrogens (primary N) is 1. The Morgan fingerprint density at radius 3 is 2.39 bits per heavy atom. The Morgan fingerprint density at radius 1 is 1.02 bits per heavy atom. The second-order valence-corrected chi connectivity index (χ2v) is 10.9. The first-order chi connectivity index (χ1) is 19.5. The van der Waals surface area contributed by atoms with Gasteiger partial charge in [0.2, 0.25) is 5.91 Å². The molecule has 1 unspecified atom stereocenters. The highest BCUT2D eigenvalue weighted by Gasteiger charge is 2.50. The van der Waals surface area contributed by atoms with Gasteiger partial charge in [0.1, 0.15) is 22.8 Å². The number of ketones is 2. The van der Waals surface area contributed by atoms with Gasteiger partial charge in [-0.25, -0.2) is 0 Å². The van der Waals surface area contributed by atoms with Gasteiger partial charge in [0.05, 0.1) is 18.0 Å². The van der Waals surface area contributed by atoms with E-state index in [0.29, 0.717) is 28.8 Å². The molecule has 5 rings (SSSR count). The largest absolute Gasteiger partial charge is 0.511 e. The SMILES string of the molecule is CN(C)CC(=O)Nc1ccc(C#Cc2ccc(O)c3c2C[C@H]2C[C@H]4CC(=O)C(C(N)=O)=C(O)C4C(=O)C2=C3O)cc1. The third-order valence-electron chi connectivity index (χ3n) is 7.74. The maximum atomic E-state index is 13.5. The van der Waals surface area contributed by atoms with E-state index in [4.69, 9.17) is 5.73 Å². The van der Waals surface area contributed by atoms with Crippen LogP contribution in [0.5, 0.6) is 5.75 Å². The number of amides is 2. The number of aliphatic hydroxyl groups is 2. The summed E-state index contributed by atoms with van der Waals surface area (Å²) in [7, 11) is 3.61. The van der Waals surface area contributed by atoms with Gasteiger partial charge in [0.15, 0.2) is 11.6 Å². The van der Waals surface area contributed by atoms with Crippen LogP contribution in [-0.4, -0.2) is 64.2 Å². The molecule has 0 bridgehead atoms. The third kappa shape index (κ3) is 5.08. The molecule has 0 saturated heterocycles. The molecule has 0 aromatic heterocycles. The van der Waals surface area contributed by atoms with Crippen LogP contribution in [0.25, 0.3) is 5.76 Å². The van der Waals surface area contributed by atoms with Gasteiger partial charge in [-0.05, 0) is 80.7 Å². The summed E-state index contributed by atoms with van der Waals surface area (Å²) in [6, 6.07) is 10.0. The number of phenolic OH excluding ortho intramolecular Hbond substituents is 1. The maximum Gasteiger partial charge on any atom is 0.255 e. The first kappa shape index (κ1) is 27.7. The lowest BCUT2D eigenvalue weighted by molar-refractivity contribution is -0.127. The van der Waals surface area contributed by atoms with Crippen LogP contribution in [0.4, 0.5) is 5.69 Å². The number of Topliss-reactive ketones (excluding diaryl/α,β-unsaturated/α-hetero) is 2. The molecular weight excluding hydrogens is 526 g/mol. The molecule has 0 aliphatic heterocycles. The molecule has 3 aliphatic carbocycles. The average Bonchev–Trinajstić information content (AvgIpc) is 2.88. The number of carbonyl (C=O) groups excluding carboxylic acids is 4. The molecule has 2 aromatic rings. The van der Waals surface area contributed by atoms with Crippen LogP contribution in [0, 0.1) is 29.6 Å². The van der Waals surface area contributed by atoms with Crippen molar-refractivity contribution in [3.8, 4) is 17.6 Å². The van der Waals surface area contributed by atoms with Crippen LogP contribution >= 0.6 is 0 Å². The van der Waals surface area contributed by atoms with E-state index in [-0.39, 0.29) is 42.2 Å². The first-order valence-corrected chi connectivity index (χ1v) is 13.1. The molecule has 10 heteroatoms. The molecule has 3 atom stereocenters. The highest BCUT2D eigenvalue weighted by molar-refractivity contribution is 6.21. The van der Waals surface area contributed by atoms with E-state index >= 15 is 0 Å². The van der Waals surface area contributed by atoms with Crippen LogP contribution in [0.15, 0.2) is 53.3 Å². The van der Waals surface area contributed by atoms with Crippen molar-refractivity contribution in [3.05, 3.63) is 75.6 Å². The van der Waals surface area contributed by atoms with Crippen molar-refractivity contribution in [3.63, 3.8) is 0 Å². The molecule has 0 radical (unpaired) electrons. The Hall–Kier alpha value is -4.88. The van der Waals surface area contributed by atoms with Crippen molar-refractivity contribution in [2.45, 2.75) is 19.3 Å². The molecule has 3 aliphatic rings. The molecule has 0 spiro atoms. The van der Waals surface area contributed by atoms with Crippen molar-refractivity contribution in [2.75, 3.05) is 26.0 Å². The molecule has 1 saturated carbocycles. The first-order valence-electron chi connectivity index (χ1n) is 13.1. The molecule has 2 aromatic carbocycles. The van der Waals surface area contributed by atoms with Crippen molar-refractivity contribution >= 4 is 34.8 Å². The monoisotopic (exact) mass is 555 g/mol. The van der Waals surface area contributed by atoms with E-state index in [1.165, 1.54) is 6.07 Å². The Morgan fingerprint density at radius 2 is 1.73 bits per heavy atom. The zero-order valence-electron chi connectivity index (χ0n) is 22.5. The Balaban J connectivity index is 1.47. The van der Waals surface area contributed by atoms with E-state index in [9.17, 15) is 34.5 Å². The Labute approximate surface area is 236 Å². The molecule has 6 N–H and O–H groups in total. The number of hydrogen-bond acceptors (Lipinski definition) is 8. The number of aliphatic hydroxyl groups excluding tert-OH is 2. The summed E-state index contributed by atoms with van der Waals surface area (Å²) >= 11 is 0. The number of anilines is 1. The predicted molar refractivity (Wildman–Crippen MR) is 150 cm³/mol. The predicted octanol–water partition coefficient (Wildman–Crippen LogP) is 2.21. The summed E-state index contributed by atoms with van der Waals surface area (Å²) in [5.74, 6) is 0.263. The maximum absolute atomic E-state index is 13.5. The fraction of sp³-hybridized carbons (Fsp3) is 0.290. The quantitative estimate of drug-likeness (QED) is 0.282. The zero-order valence-corrected chi connectivity index (χ0v) is 22.5. The van der Waals surface area contributed by atoms with Crippen LogP contribution in [-0.2, 0) is 25.6 Å². The van der Waals surface area contributed by atoms with Crippen LogP contribution in [0.3, 0.4) is 0 Å². The number of aromatic hydroxyl groups is 1. The third-order valence-corrected chi connectivity index (χ3v) is 7.74. The Bertz CT molecular complexity index is 1620. The van der Waals surface area contributed by atoms with Gasteiger partial charge in [-0.1, -0.05) is 11.8 Å². The number of fused-ring (bicyclic) bond motifs is 3. The molecule has 1 fully saturated rings. The van der Waals surface area contributed by atoms with Gasteiger partial charge in [0.25, 0.3) is 5.91 Å². The number of phenols is 1. The van der Waals surface area contributed by atoms with E-state index in [2.05, 4.69) is 17.2 Å². The fourth-order valence-electron chi connectivity index (χ4n) is 6.02. The van der Waals surface area contributed by atoms with Crippen LogP contribution in [0.2, 0.25) is 0 Å². The standard InChI is InChI=1S/C31H29N3O7/c1-34(2)14-23(37)33-19-8-4-15(5-9-19)3-6-16-7-10-21(35)26-20(16)12-17-11-18-13-22(36)27(31(32)41)30(40)25(18)28(38)24(17)29(26)39/h4-5,7-10,17-18,25,35,39-40H,11-14H2,1-2H3,(H2,32,41)(H,33,37)/t17-,18+,25?/m1/s1. The lowest BCUT2D eigenvalue weighted by atomic mass is 9.61. The van der Waals surface area contributed by atoms with Gasteiger partial charge in [-0.3, -0.25) is 19.2 Å². The highest BCUT2D eigenvalue weighted by Crippen LogP contribution is 2.50. The minimum Gasteiger partial charge on any atom is -0.511 e. The average molecular weight is 556 g/mol. The molecule has 2 amide bonds. The topological polar surface area (TPSA) is 170 Å². The van der Waals surface area contributed by atoms with Crippen molar-refractivity contribution in [1.82, 2.24) is 4.90 Å². The Kier molecular flexibility index (Phi) is 7.15. The van der Waals surface area contributed by atoms with Crippen molar-refractivity contribution in [2.24, 2.45) is 23.5 Å². The lowest BCUT2D eigenvalue weighted by Gasteiger charge is -2.41. The number of primary amides is 1. The number of likely N-dealkylation sites (N-methyl/N-ethyl adjacent to an activating group) is 1. The van der Waals surface area contributed by atoms with E-state index < -0.39 is 52.3 Å². The minimum absolute atomic E-state index is 0.0516. The number of nitrogens with one attached hydrogen (secondary N) is 1. The second-order valence-electron chi connectivity index (χ2n) is 10.9.